The largest absolute Gasteiger partial charge is 0.497 e. The molecule has 0 N–H and O–H groups in total. The van der Waals surface area contributed by atoms with Crippen molar-refractivity contribution in [2.45, 2.75) is 19.4 Å². The van der Waals surface area contributed by atoms with Crippen molar-refractivity contribution in [3.8, 4) is 11.5 Å². The number of carbonyl (C=O) groups excluding carboxylic acids is 3. The Kier molecular flexibility index (Phi) is 5.06. The lowest BCUT2D eigenvalue weighted by atomic mass is 10.2. The molecule has 1 aliphatic heterocycles. The minimum absolute atomic E-state index is 0.0291. The number of hydrogen-bond donors (Lipinski definition) is 0. The summed E-state index contributed by atoms with van der Waals surface area (Å²) in [7, 11) is 2.95. The SMILES string of the molecule is CCOC(=O)c1cn([C@H]2CC(=O)N(c3cc(OC)cc(OC)c3)C2=O)nn1. The normalized spacial score (nSPS) is 16.6. The molecule has 0 aliphatic carbocycles. The van der Waals surface area contributed by atoms with Crippen LogP contribution in [0.5, 0.6) is 11.5 Å². The molecule has 27 heavy (non-hydrogen) atoms. The van der Waals surface area contributed by atoms with E-state index < -0.39 is 23.8 Å². The molecule has 1 aromatic heterocycles. The Labute approximate surface area is 154 Å². The van der Waals surface area contributed by atoms with Gasteiger partial charge in [0.15, 0.2) is 5.69 Å². The van der Waals surface area contributed by atoms with Gasteiger partial charge in [-0.1, -0.05) is 5.21 Å². The van der Waals surface area contributed by atoms with Crippen molar-refractivity contribution in [3.63, 3.8) is 0 Å². The summed E-state index contributed by atoms with van der Waals surface area (Å²) in [6.45, 7) is 1.86. The average Bonchev–Trinajstić information content (AvgIpc) is 3.26. The lowest BCUT2D eigenvalue weighted by molar-refractivity contribution is -0.122. The number of anilines is 1. The number of ether oxygens (including phenoxy) is 3. The highest BCUT2D eigenvalue weighted by Crippen LogP contribution is 2.34. The topological polar surface area (TPSA) is 113 Å². The predicted molar refractivity (Wildman–Crippen MR) is 91.7 cm³/mol. The molecular formula is C17H18N4O6. The van der Waals surface area contributed by atoms with Gasteiger partial charge in [0.05, 0.1) is 39.1 Å². The number of esters is 1. The van der Waals surface area contributed by atoms with Crippen LogP contribution in [0.15, 0.2) is 24.4 Å². The van der Waals surface area contributed by atoms with E-state index in [4.69, 9.17) is 14.2 Å². The number of benzene rings is 1. The van der Waals surface area contributed by atoms with Crippen LogP contribution in [0.25, 0.3) is 0 Å². The van der Waals surface area contributed by atoms with Crippen LogP contribution < -0.4 is 14.4 Å². The summed E-state index contributed by atoms with van der Waals surface area (Å²) in [5.74, 6) is -0.656. The maximum Gasteiger partial charge on any atom is 0.360 e. The molecule has 0 radical (unpaired) electrons. The van der Waals surface area contributed by atoms with Crippen LogP contribution >= 0.6 is 0 Å². The summed E-state index contributed by atoms with van der Waals surface area (Å²) in [5.41, 5.74) is 0.299. The highest BCUT2D eigenvalue weighted by molar-refractivity contribution is 6.21. The Morgan fingerprint density at radius 1 is 1.19 bits per heavy atom. The fourth-order valence-electron chi connectivity index (χ4n) is 2.74. The van der Waals surface area contributed by atoms with E-state index in [1.54, 1.807) is 25.1 Å². The zero-order chi connectivity index (χ0) is 19.6. The summed E-state index contributed by atoms with van der Waals surface area (Å²) >= 11 is 0. The van der Waals surface area contributed by atoms with Crippen LogP contribution in [0.1, 0.15) is 29.9 Å². The van der Waals surface area contributed by atoms with Crippen LogP contribution in [0.3, 0.4) is 0 Å². The number of amides is 2. The summed E-state index contributed by atoms with van der Waals surface area (Å²) in [5, 5.41) is 7.51. The van der Waals surface area contributed by atoms with E-state index in [2.05, 4.69) is 10.3 Å². The Morgan fingerprint density at radius 2 is 1.85 bits per heavy atom. The molecule has 3 rings (SSSR count). The predicted octanol–water partition coefficient (Wildman–Crippen LogP) is 0.977. The van der Waals surface area contributed by atoms with E-state index in [9.17, 15) is 14.4 Å². The van der Waals surface area contributed by atoms with Gasteiger partial charge in [-0.2, -0.15) is 0 Å². The Hall–Kier alpha value is -3.43. The van der Waals surface area contributed by atoms with Crippen molar-refractivity contribution < 1.29 is 28.6 Å². The average molecular weight is 374 g/mol. The molecule has 1 saturated heterocycles. The van der Waals surface area contributed by atoms with E-state index in [-0.39, 0.29) is 18.7 Å². The highest BCUT2D eigenvalue weighted by Gasteiger charge is 2.42. The summed E-state index contributed by atoms with van der Waals surface area (Å²) in [6.07, 6.45) is 1.19. The lowest BCUT2D eigenvalue weighted by Crippen LogP contribution is -2.31. The molecule has 0 unspecified atom stereocenters. The highest BCUT2D eigenvalue weighted by atomic mass is 16.5. The van der Waals surface area contributed by atoms with Crippen LogP contribution in [-0.4, -0.2) is 53.6 Å². The maximum absolute atomic E-state index is 12.8. The molecule has 10 nitrogen and oxygen atoms in total. The van der Waals surface area contributed by atoms with Crippen LogP contribution in [-0.2, 0) is 14.3 Å². The van der Waals surface area contributed by atoms with Crippen molar-refractivity contribution in [2.75, 3.05) is 25.7 Å². The molecule has 1 atom stereocenters. The van der Waals surface area contributed by atoms with Crippen molar-refractivity contribution in [1.29, 1.82) is 0 Å². The molecule has 1 fully saturated rings. The van der Waals surface area contributed by atoms with Gasteiger partial charge in [-0.15, -0.1) is 5.10 Å². The lowest BCUT2D eigenvalue weighted by Gasteiger charge is -2.17. The number of hydrogen-bond acceptors (Lipinski definition) is 8. The first kappa shape index (κ1) is 18.4. The second-order valence-electron chi connectivity index (χ2n) is 5.66. The van der Waals surface area contributed by atoms with Crippen LogP contribution in [0, 0.1) is 0 Å². The van der Waals surface area contributed by atoms with Crippen LogP contribution in [0.2, 0.25) is 0 Å². The second-order valence-corrected chi connectivity index (χ2v) is 5.66. The quantitative estimate of drug-likeness (QED) is 0.543. The number of methoxy groups -OCH3 is 2. The zero-order valence-corrected chi connectivity index (χ0v) is 15.0. The van der Waals surface area contributed by atoms with Crippen LogP contribution in [0.4, 0.5) is 5.69 Å². The number of imide groups is 1. The fraction of sp³-hybridized carbons (Fsp3) is 0.353. The van der Waals surface area contributed by atoms with E-state index in [0.717, 1.165) is 4.90 Å². The minimum atomic E-state index is -0.898. The number of carbonyl (C=O) groups is 3. The zero-order valence-electron chi connectivity index (χ0n) is 15.0. The standard InChI is InChI=1S/C17H18N4O6/c1-4-27-17(24)13-9-20(19-18-13)14-8-15(22)21(16(14)23)10-5-11(25-2)7-12(6-10)26-3/h5-7,9,14H,4,8H2,1-3H3/t14-/m0/s1. The van der Waals surface area contributed by atoms with E-state index in [1.807, 2.05) is 0 Å². The van der Waals surface area contributed by atoms with Crippen molar-refractivity contribution in [1.82, 2.24) is 15.0 Å². The maximum atomic E-state index is 12.8. The summed E-state index contributed by atoms with van der Waals surface area (Å²) < 4.78 is 16.4. The number of nitrogens with zero attached hydrogens (tertiary/aromatic N) is 4. The van der Waals surface area contributed by atoms with Crippen molar-refractivity contribution in [2.24, 2.45) is 0 Å². The minimum Gasteiger partial charge on any atom is -0.497 e. The third kappa shape index (κ3) is 3.46. The van der Waals surface area contributed by atoms with Crippen molar-refractivity contribution in [3.05, 3.63) is 30.1 Å². The molecular weight excluding hydrogens is 356 g/mol. The van der Waals surface area contributed by atoms with E-state index in [1.165, 1.54) is 25.1 Å². The van der Waals surface area contributed by atoms with Gasteiger partial charge < -0.3 is 14.2 Å². The molecule has 142 valence electrons. The molecule has 0 bridgehead atoms. The number of rotatable bonds is 6. The molecule has 0 spiro atoms. The third-order valence-electron chi connectivity index (χ3n) is 4.03. The van der Waals surface area contributed by atoms with Gasteiger partial charge in [0, 0.05) is 18.2 Å². The molecule has 0 saturated carbocycles. The molecule has 10 heteroatoms. The Balaban J connectivity index is 1.89. The molecule has 1 aliphatic rings. The fourth-order valence-corrected chi connectivity index (χ4v) is 2.74. The molecule has 1 aromatic carbocycles. The van der Waals surface area contributed by atoms with Gasteiger partial charge in [0.2, 0.25) is 5.91 Å². The Bertz CT molecular complexity index is 871. The number of aromatic nitrogens is 3. The van der Waals surface area contributed by atoms with Gasteiger partial charge in [-0.25, -0.2) is 14.4 Å². The van der Waals surface area contributed by atoms with Gasteiger partial charge in [-0.05, 0) is 6.92 Å². The molecule has 2 amide bonds. The Morgan fingerprint density at radius 3 is 2.44 bits per heavy atom. The second kappa shape index (κ2) is 7.44. The van der Waals surface area contributed by atoms with E-state index in [0.29, 0.717) is 17.2 Å². The van der Waals surface area contributed by atoms with Gasteiger partial charge in [0.25, 0.3) is 5.91 Å². The first-order valence-electron chi connectivity index (χ1n) is 8.17. The summed E-state index contributed by atoms with van der Waals surface area (Å²) in [4.78, 5) is 38.1. The summed E-state index contributed by atoms with van der Waals surface area (Å²) in [6, 6.07) is 3.86. The smallest absolute Gasteiger partial charge is 0.360 e. The molecule has 2 heterocycles. The third-order valence-corrected chi connectivity index (χ3v) is 4.03. The molecule has 2 aromatic rings. The first-order valence-corrected chi connectivity index (χ1v) is 8.17. The van der Waals surface area contributed by atoms with E-state index >= 15 is 0 Å². The monoisotopic (exact) mass is 374 g/mol. The van der Waals surface area contributed by atoms with Gasteiger partial charge in [-0.3, -0.25) is 9.59 Å². The van der Waals surface area contributed by atoms with Gasteiger partial charge in [0.1, 0.15) is 17.5 Å². The van der Waals surface area contributed by atoms with Crippen molar-refractivity contribution >= 4 is 23.5 Å². The van der Waals surface area contributed by atoms with Gasteiger partial charge >= 0.3 is 5.97 Å². The first-order chi connectivity index (χ1) is 13.0.